The minimum absolute atomic E-state index is 0.280. The molecule has 1 aromatic heterocycles. The lowest BCUT2D eigenvalue weighted by molar-refractivity contribution is 0.282. The third-order valence-corrected chi connectivity index (χ3v) is 2.60. The first kappa shape index (κ1) is 13.4. The molecule has 0 spiro atoms. The molecule has 0 saturated carbocycles. The Bertz CT molecular complexity index is 500. The molecule has 1 heterocycles. The number of rotatable bonds is 7. The van der Waals surface area contributed by atoms with E-state index in [0.717, 1.165) is 30.2 Å². The van der Waals surface area contributed by atoms with Crippen molar-refractivity contribution in [2.45, 2.75) is 20.1 Å². The first-order valence-electron chi connectivity index (χ1n) is 6.09. The lowest BCUT2D eigenvalue weighted by atomic mass is 10.2. The van der Waals surface area contributed by atoms with Crippen molar-refractivity contribution in [1.29, 1.82) is 0 Å². The Morgan fingerprint density at radius 1 is 1.37 bits per heavy atom. The van der Waals surface area contributed by atoms with E-state index in [1.807, 2.05) is 18.2 Å². The van der Waals surface area contributed by atoms with Crippen molar-refractivity contribution in [1.82, 2.24) is 15.5 Å². The van der Waals surface area contributed by atoms with Crippen LogP contribution in [0.25, 0.3) is 0 Å². The summed E-state index contributed by atoms with van der Waals surface area (Å²) >= 11 is 0. The topological polar surface area (TPSA) is 69.4 Å². The second-order valence-electron chi connectivity index (χ2n) is 3.89. The number of ether oxygens (including phenoxy) is 2. The van der Waals surface area contributed by atoms with Crippen molar-refractivity contribution >= 4 is 0 Å². The Morgan fingerprint density at radius 2 is 2.26 bits per heavy atom. The highest BCUT2D eigenvalue weighted by Gasteiger charge is 2.07. The van der Waals surface area contributed by atoms with E-state index in [1.54, 1.807) is 7.11 Å². The van der Waals surface area contributed by atoms with E-state index in [4.69, 9.17) is 9.47 Å². The highest BCUT2D eigenvalue weighted by atomic mass is 16.5. The molecule has 1 N–H and O–H groups in total. The molecule has 0 atom stereocenters. The van der Waals surface area contributed by atoms with Gasteiger partial charge in [-0.05, 0) is 24.7 Å². The molecule has 0 aliphatic carbocycles. The predicted octanol–water partition coefficient (Wildman–Crippen LogP) is 1.77. The Morgan fingerprint density at radius 3 is 2.95 bits per heavy atom. The molecule has 0 saturated heterocycles. The predicted molar refractivity (Wildman–Crippen MR) is 69.0 cm³/mol. The quantitative estimate of drug-likeness (QED) is 0.821. The molecule has 0 radical (unpaired) electrons. The monoisotopic (exact) mass is 263 g/mol. The van der Waals surface area contributed by atoms with E-state index in [9.17, 15) is 0 Å². The second kappa shape index (κ2) is 6.75. The van der Waals surface area contributed by atoms with Gasteiger partial charge in [0.2, 0.25) is 12.2 Å². The molecule has 0 bridgehead atoms. The van der Waals surface area contributed by atoms with Crippen molar-refractivity contribution in [3.8, 4) is 11.5 Å². The van der Waals surface area contributed by atoms with Gasteiger partial charge in [0.15, 0.2) is 6.61 Å². The molecule has 1 aromatic carbocycles. The highest BCUT2D eigenvalue weighted by molar-refractivity contribution is 5.40. The van der Waals surface area contributed by atoms with Gasteiger partial charge in [-0.25, -0.2) is 0 Å². The fraction of sp³-hybridized carbons (Fsp3) is 0.385. The number of methoxy groups -OCH3 is 1. The molecular formula is C13H17N3O3. The van der Waals surface area contributed by atoms with Gasteiger partial charge in [0.1, 0.15) is 11.5 Å². The number of benzene rings is 1. The molecule has 0 aliphatic heterocycles. The first-order valence-corrected chi connectivity index (χ1v) is 6.09. The molecule has 102 valence electrons. The largest absolute Gasteiger partial charge is 0.497 e. The fourth-order valence-corrected chi connectivity index (χ4v) is 1.62. The van der Waals surface area contributed by atoms with Gasteiger partial charge in [-0.15, -0.1) is 0 Å². The average molecular weight is 263 g/mol. The van der Waals surface area contributed by atoms with Crippen molar-refractivity contribution in [2.75, 3.05) is 13.7 Å². The van der Waals surface area contributed by atoms with Gasteiger partial charge in [-0.2, -0.15) is 4.98 Å². The SMILES string of the molecule is CCNCc1cc(OC)ccc1OCc1ncon1. The minimum Gasteiger partial charge on any atom is -0.497 e. The van der Waals surface area contributed by atoms with E-state index in [2.05, 4.69) is 26.9 Å². The lowest BCUT2D eigenvalue weighted by Crippen LogP contribution is -2.13. The summed E-state index contributed by atoms with van der Waals surface area (Å²) in [5, 5.41) is 6.97. The zero-order valence-electron chi connectivity index (χ0n) is 11.0. The van der Waals surface area contributed by atoms with Crippen molar-refractivity contribution in [3.05, 3.63) is 36.0 Å². The summed E-state index contributed by atoms with van der Waals surface area (Å²) < 4.78 is 15.6. The first-order chi connectivity index (χ1) is 9.33. The normalized spacial score (nSPS) is 10.4. The smallest absolute Gasteiger partial charge is 0.213 e. The zero-order chi connectivity index (χ0) is 13.5. The Kier molecular flexibility index (Phi) is 4.74. The van der Waals surface area contributed by atoms with Crippen LogP contribution in [-0.4, -0.2) is 23.8 Å². The molecule has 19 heavy (non-hydrogen) atoms. The van der Waals surface area contributed by atoms with Gasteiger partial charge in [0, 0.05) is 12.1 Å². The van der Waals surface area contributed by atoms with Crippen LogP contribution in [0.5, 0.6) is 11.5 Å². The molecule has 6 heteroatoms. The number of hydrogen-bond donors (Lipinski definition) is 1. The molecule has 0 aliphatic rings. The van der Waals surface area contributed by atoms with Crippen LogP contribution in [0.2, 0.25) is 0 Å². The van der Waals surface area contributed by atoms with Crippen LogP contribution in [0, 0.1) is 0 Å². The molecule has 0 unspecified atom stereocenters. The Labute approximate surface area is 111 Å². The van der Waals surface area contributed by atoms with E-state index in [-0.39, 0.29) is 6.61 Å². The maximum atomic E-state index is 5.70. The highest BCUT2D eigenvalue weighted by Crippen LogP contribution is 2.24. The van der Waals surface area contributed by atoms with Crippen LogP contribution >= 0.6 is 0 Å². The number of nitrogens with one attached hydrogen (secondary N) is 1. The number of nitrogens with zero attached hydrogens (tertiary/aromatic N) is 2. The van der Waals surface area contributed by atoms with E-state index >= 15 is 0 Å². The summed E-state index contributed by atoms with van der Waals surface area (Å²) in [7, 11) is 1.65. The van der Waals surface area contributed by atoms with Crippen molar-refractivity contribution in [3.63, 3.8) is 0 Å². The fourth-order valence-electron chi connectivity index (χ4n) is 1.62. The van der Waals surface area contributed by atoms with Crippen molar-refractivity contribution in [2.24, 2.45) is 0 Å². The number of aromatic nitrogens is 2. The Hall–Kier alpha value is -2.08. The van der Waals surface area contributed by atoms with Crippen LogP contribution < -0.4 is 14.8 Å². The van der Waals surface area contributed by atoms with Gasteiger partial charge in [0.05, 0.1) is 7.11 Å². The van der Waals surface area contributed by atoms with Crippen LogP contribution in [0.1, 0.15) is 18.3 Å². The standard InChI is InChI=1S/C13H17N3O3/c1-3-14-7-10-6-11(17-2)4-5-12(10)18-8-13-15-9-19-16-13/h4-6,9,14H,3,7-8H2,1-2H3. The van der Waals surface area contributed by atoms with E-state index < -0.39 is 0 Å². The minimum atomic E-state index is 0.280. The van der Waals surface area contributed by atoms with Crippen LogP contribution in [0.4, 0.5) is 0 Å². The maximum Gasteiger partial charge on any atom is 0.213 e. The summed E-state index contributed by atoms with van der Waals surface area (Å²) in [6, 6.07) is 5.70. The van der Waals surface area contributed by atoms with E-state index in [1.165, 1.54) is 6.39 Å². The Balaban J connectivity index is 2.08. The number of hydrogen-bond acceptors (Lipinski definition) is 6. The summed E-state index contributed by atoms with van der Waals surface area (Å²) in [6.07, 6.45) is 1.28. The lowest BCUT2D eigenvalue weighted by Gasteiger charge is -2.12. The summed E-state index contributed by atoms with van der Waals surface area (Å²) in [5.74, 6) is 2.11. The molecule has 2 rings (SSSR count). The van der Waals surface area contributed by atoms with Crippen LogP contribution in [0.3, 0.4) is 0 Å². The second-order valence-corrected chi connectivity index (χ2v) is 3.89. The van der Waals surface area contributed by atoms with Gasteiger partial charge < -0.3 is 19.3 Å². The summed E-state index contributed by atoms with van der Waals surface area (Å²) in [4.78, 5) is 3.91. The van der Waals surface area contributed by atoms with Gasteiger partial charge in [0.25, 0.3) is 0 Å². The average Bonchev–Trinajstić information content (AvgIpc) is 2.96. The molecule has 0 amide bonds. The van der Waals surface area contributed by atoms with E-state index in [0.29, 0.717) is 5.82 Å². The molecular weight excluding hydrogens is 246 g/mol. The third kappa shape index (κ3) is 3.69. The van der Waals surface area contributed by atoms with Crippen LogP contribution in [-0.2, 0) is 13.2 Å². The van der Waals surface area contributed by atoms with Gasteiger partial charge >= 0.3 is 0 Å². The molecule has 0 fully saturated rings. The molecule has 2 aromatic rings. The summed E-state index contributed by atoms with van der Waals surface area (Å²) in [6.45, 7) is 3.94. The zero-order valence-corrected chi connectivity index (χ0v) is 11.0. The van der Waals surface area contributed by atoms with Gasteiger partial charge in [-0.1, -0.05) is 12.1 Å². The van der Waals surface area contributed by atoms with Gasteiger partial charge in [-0.3, -0.25) is 0 Å². The van der Waals surface area contributed by atoms with Crippen LogP contribution in [0.15, 0.2) is 29.1 Å². The molecule has 6 nitrogen and oxygen atoms in total. The van der Waals surface area contributed by atoms with Crippen molar-refractivity contribution < 1.29 is 14.0 Å². The third-order valence-electron chi connectivity index (χ3n) is 2.60. The maximum absolute atomic E-state index is 5.70. The summed E-state index contributed by atoms with van der Waals surface area (Å²) in [5.41, 5.74) is 1.03.